The van der Waals surface area contributed by atoms with Gasteiger partial charge in [0.2, 0.25) is 5.52 Å². The first-order valence-corrected chi connectivity index (χ1v) is 11.5. The van der Waals surface area contributed by atoms with Crippen molar-refractivity contribution in [3.63, 3.8) is 0 Å². The van der Waals surface area contributed by atoms with E-state index in [9.17, 15) is 0 Å². The maximum atomic E-state index is 2.42. The maximum absolute atomic E-state index is 2.42. The molecule has 0 amide bonds. The molecule has 1 aliphatic heterocycles. The summed E-state index contributed by atoms with van der Waals surface area (Å²) in [5.41, 5.74) is 6.60. The molecule has 4 rings (SSSR count). The molecular formula is C24H27IN2S2. The van der Waals surface area contributed by atoms with Gasteiger partial charge in [-0.1, -0.05) is 35.2 Å². The number of anilines is 1. The second-order valence-electron chi connectivity index (χ2n) is 7.34. The number of fused-ring (bicyclic) bond motifs is 2. The highest BCUT2D eigenvalue weighted by atomic mass is 127. The maximum Gasteiger partial charge on any atom is 0.262 e. The lowest BCUT2D eigenvalue weighted by atomic mass is 10.2. The molecule has 29 heavy (non-hydrogen) atoms. The van der Waals surface area contributed by atoms with Crippen LogP contribution in [0.3, 0.4) is 0 Å². The lowest BCUT2D eigenvalue weighted by Gasteiger charge is -2.18. The number of benzene rings is 2. The molecule has 0 fully saturated rings. The van der Waals surface area contributed by atoms with Crippen LogP contribution in [0.5, 0.6) is 0 Å². The zero-order chi connectivity index (χ0) is 19.8. The minimum Gasteiger partial charge on any atom is -1.00 e. The van der Waals surface area contributed by atoms with E-state index in [4.69, 9.17) is 0 Å². The Bertz CT molecular complexity index is 1110. The smallest absolute Gasteiger partial charge is 0.262 e. The summed E-state index contributed by atoms with van der Waals surface area (Å²) in [6.45, 7) is 13.0. The number of aryl methyl sites for hydroxylation is 3. The van der Waals surface area contributed by atoms with Crippen molar-refractivity contribution in [2.24, 2.45) is 0 Å². The van der Waals surface area contributed by atoms with Crippen LogP contribution in [0.2, 0.25) is 0 Å². The van der Waals surface area contributed by atoms with E-state index in [1.165, 1.54) is 47.5 Å². The average molecular weight is 535 g/mol. The van der Waals surface area contributed by atoms with Crippen LogP contribution in [0.4, 0.5) is 5.69 Å². The minimum atomic E-state index is 0. The summed E-state index contributed by atoms with van der Waals surface area (Å²) in [5.74, 6) is 0. The molecule has 0 aliphatic carbocycles. The third kappa shape index (κ3) is 4.42. The molecule has 0 bridgehead atoms. The molecule has 2 aromatic carbocycles. The van der Waals surface area contributed by atoms with Crippen molar-refractivity contribution in [2.75, 3.05) is 11.4 Å². The van der Waals surface area contributed by atoms with Gasteiger partial charge in [0.25, 0.3) is 5.01 Å². The van der Waals surface area contributed by atoms with Gasteiger partial charge >= 0.3 is 0 Å². The Labute approximate surface area is 199 Å². The third-order valence-electron chi connectivity index (χ3n) is 5.11. The van der Waals surface area contributed by atoms with E-state index in [-0.39, 0.29) is 24.0 Å². The van der Waals surface area contributed by atoms with Crippen LogP contribution in [0.15, 0.2) is 58.0 Å². The number of hydrogen-bond donors (Lipinski definition) is 0. The summed E-state index contributed by atoms with van der Waals surface area (Å²) in [4.78, 5) is 3.78. The number of allylic oxidation sites excluding steroid dienone is 2. The molecule has 1 aromatic heterocycles. The topological polar surface area (TPSA) is 7.12 Å². The lowest BCUT2D eigenvalue weighted by molar-refractivity contribution is -0.665. The molecule has 0 spiro atoms. The first-order valence-electron chi connectivity index (χ1n) is 9.89. The lowest BCUT2D eigenvalue weighted by Crippen LogP contribution is -3.00. The van der Waals surface area contributed by atoms with Gasteiger partial charge in [-0.3, -0.25) is 0 Å². The number of aromatic nitrogens is 1. The number of halogens is 1. The van der Waals surface area contributed by atoms with Crippen molar-refractivity contribution < 1.29 is 28.5 Å². The number of hydrogen-bond acceptors (Lipinski definition) is 3. The van der Waals surface area contributed by atoms with Crippen LogP contribution in [-0.2, 0) is 6.54 Å². The van der Waals surface area contributed by atoms with Gasteiger partial charge in [0.1, 0.15) is 11.2 Å². The van der Waals surface area contributed by atoms with E-state index < -0.39 is 0 Å². The minimum absolute atomic E-state index is 0. The largest absolute Gasteiger partial charge is 1.00 e. The molecule has 3 aromatic rings. The van der Waals surface area contributed by atoms with E-state index >= 15 is 0 Å². The molecule has 2 nitrogen and oxygen atoms in total. The number of thioether (sulfide) groups is 1. The van der Waals surface area contributed by atoms with E-state index in [1.54, 1.807) is 0 Å². The van der Waals surface area contributed by atoms with Crippen LogP contribution in [-0.4, -0.2) is 6.54 Å². The monoisotopic (exact) mass is 534 g/mol. The van der Waals surface area contributed by atoms with E-state index in [0.29, 0.717) is 0 Å². The first kappa shape index (κ1) is 22.4. The number of rotatable bonds is 4. The Morgan fingerprint density at radius 2 is 1.79 bits per heavy atom. The van der Waals surface area contributed by atoms with E-state index in [0.717, 1.165) is 13.1 Å². The molecule has 0 saturated carbocycles. The normalized spacial score (nSPS) is 15.1. The molecule has 0 radical (unpaired) electrons. The highest BCUT2D eigenvalue weighted by Crippen LogP contribution is 2.46. The van der Waals surface area contributed by atoms with Crippen LogP contribution < -0.4 is 33.4 Å². The van der Waals surface area contributed by atoms with Gasteiger partial charge in [-0.15, -0.1) is 0 Å². The highest BCUT2D eigenvalue weighted by Gasteiger charge is 2.24. The van der Waals surface area contributed by atoms with Gasteiger partial charge in [-0.2, -0.15) is 4.57 Å². The van der Waals surface area contributed by atoms with Crippen molar-refractivity contribution >= 4 is 45.1 Å². The molecule has 2 heterocycles. The average Bonchev–Trinajstić information content (AvgIpc) is 3.17. The fraction of sp³-hybridized carbons (Fsp3) is 0.292. The molecule has 152 valence electrons. The summed E-state index contributed by atoms with van der Waals surface area (Å²) in [5, 5.41) is 2.63. The summed E-state index contributed by atoms with van der Waals surface area (Å²) < 4.78 is 3.78. The van der Waals surface area contributed by atoms with Crippen LogP contribution in [0, 0.1) is 13.8 Å². The first-order chi connectivity index (χ1) is 13.5. The van der Waals surface area contributed by atoms with Crippen molar-refractivity contribution in [3.8, 4) is 0 Å². The molecule has 0 N–H and O–H groups in total. The van der Waals surface area contributed by atoms with Gasteiger partial charge < -0.3 is 28.9 Å². The highest BCUT2D eigenvalue weighted by molar-refractivity contribution is 8.03. The number of thiazole rings is 1. The predicted molar refractivity (Wildman–Crippen MR) is 124 cm³/mol. The molecule has 0 saturated heterocycles. The fourth-order valence-corrected chi connectivity index (χ4v) is 6.16. The zero-order valence-corrected chi connectivity index (χ0v) is 21.4. The third-order valence-corrected chi connectivity index (χ3v) is 7.33. The molecular weight excluding hydrogens is 507 g/mol. The van der Waals surface area contributed by atoms with E-state index in [2.05, 4.69) is 92.6 Å². The Morgan fingerprint density at radius 1 is 1.07 bits per heavy atom. The zero-order valence-electron chi connectivity index (χ0n) is 17.6. The van der Waals surface area contributed by atoms with Gasteiger partial charge in [-0.05, 0) is 75.6 Å². The van der Waals surface area contributed by atoms with Crippen LogP contribution >= 0.6 is 23.1 Å². The van der Waals surface area contributed by atoms with Crippen molar-refractivity contribution in [1.29, 1.82) is 0 Å². The van der Waals surface area contributed by atoms with E-state index in [1.807, 2.05) is 23.1 Å². The fourth-order valence-electron chi connectivity index (χ4n) is 3.72. The van der Waals surface area contributed by atoms with Crippen molar-refractivity contribution in [3.05, 3.63) is 69.2 Å². The molecule has 0 atom stereocenters. The van der Waals surface area contributed by atoms with Gasteiger partial charge in [0.15, 0.2) is 0 Å². The molecule has 0 unspecified atom stereocenters. The van der Waals surface area contributed by atoms with Gasteiger partial charge in [0.05, 0.1) is 10.7 Å². The van der Waals surface area contributed by atoms with Crippen LogP contribution in [0.1, 0.15) is 36.9 Å². The number of nitrogens with zero attached hydrogens (tertiary/aromatic N) is 2. The quantitative estimate of drug-likeness (QED) is 0.373. The summed E-state index contributed by atoms with van der Waals surface area (Å²) in [6.07, 6.45) is 4.66. The second kappa shape index (κ2) is 9.23. The van der Waals surface area contributed by atoms with Crippen LogP contribution in [0.25, 0.3) is 16.3 Å². The predicted octanol–water partition coefficient (Wildman–Crippen LogP) is 3.71. The Hall–Kier alpha value is -1.31. The standard InChI is InChI=1S/C24H27N2S2.HI/c1-6-25-19-12-16(3)8-10-21(19)27-23(25)14-18(5)15-24-26(7-2)20-13-17(4)9-11-22(20)28-24;/h8-15H,6-7H2,1-5H3;1H/q+1;/p-1. The Kier molecular flexibility index (Phi) is 7.12. The van der Waals surface area contributed by atoms with Gasteiger partial charge in [0, 0.05) is 23.6 Å². The second-order valence-corrected chi connectivity index (χ2v) is 9.47. The van der Waals surface area contributed by atoms with Gasteiger partial charge in [-0.25, -0.2) is 0 Å². The summed E-state index contributed by atoms with van der Waals surface area (Å²) in [7, 11) is 0. The Balaban J connectivity index is 0.00000240. The SMILES string of the molecule is CCN1/C(=C/C(C)=C/c2sc3ccc(C)cc3[n+]2CC)Sc2ccc(C)cc21.[I-]. The molecule has 1 aliphatic rings. The van der Waals surface area contributed by atoms with Crippen molar-refractivity contribution in [2.45, 2.75) is 46.1 Å². The summed E-state index contributed by atoms with van der Waals surface area (Å²) >= 11 is 3.75. The Morgan fingerprint density at radius 3 is 2.52 bits per heavy atom. The summed E-state index contributed by atoms with van der Waals surface area (Å²) in [6, 6.07) is 13.5. The molecule has 5 heteroatoms. The van der Waals surface area contributed by atoms with Crippen molar-refractivity contribution in [1.82, 2.24) is 0 Å².